The first-order valence-corrected chi connectivity index (χ1v) is 8.55. The quantitative estimate of drug-likeness (QED) is 0.448. The molecule has 4 rings (SSSR count). The van der Waals surface area contributed by atoms with Gasteiger partial charge < -0.3 is 24.0 Å². The van der Waals surface area contributed by atoms with Crippen LogP contribution in [0.1, 0.15) is 12.8 Å². The highest BCUT2D eigenvalue weighted by Crippen LogP contribution is 2.31. The third kappa shape index (κ3) is 3.56. The number of rotatable bonds is 6. The second-order valence-electron chi connectivity index (χ2n) is 6.48. The van der Waals surface area contributed by atoms with E-state index >= 15 is 0 Å². The van der Waals surface area contributed by atoms with Gasteiger partial charge in [-0.1, -0.05) is 11.6 Å². The van der Waals surface area contributed by atoms with Gasteiger partial charge in [0.2, 0.25) is 0 Å². The van der Waals surface area contributed by atoms with Gasteiger partial charge in [-0.05, 0) is 36.1 Å². The number of hydrogen-bond donors (Lipinski definition) is 0. The lowest BCUT2D eigenvalue weighted by Gasteiger charge is -2.20. The molecule has 0 N–H and O–H groups in total. The maximum Gasteiger partial charge on any atom is 0.437 e. The number of nitrogens with zero attached hydrogens (tertiary/aromatic N) is 5. The zero-order chi connectivity index (χ0) is 19.9. The van der Waals surface area contributed by atoms with Crippen LogP contribution < -0.4 is 15.2 Å². The number of nitro groups is 1. The van der Waals surface area contributed by atoms with Crippen molar-refractivity contribution in [3.8, 4) is 11.8 Å². The van der Waals surface area contributed by atoms with Crippen LogP contribution in [0.2, 0.25) is 5.02 Å². The monoisotopic (exact) mass is 407 g/mol. The molecule has 0 amide bonds. The Morgan fingerprint density at radius 3 is 2.82 bits per heavy atom. The van der Waals surface area contributed by atoms with E-state index in [1.807, 2.05) is 0 Å². The van der Waals surface area contributed by atoms with E-state index in [2.05, 4.69) is 10.1 Å². The Bertz CT molecular complexity index is 1060. The molecule has 0 saturated heterocycles. The minimum absolute atomic E-state index is 0.0325. The summed E-state index contributed by atoms with van der Waals surface area (Å²) >= 11 is 5.81. The summed E-state index contributed by atoms with van der Waals surface area (Å²) in [6.07, 6.45) is 1.29. The fraction of sp³-hybridized carbons (Fsp3) is 0.312. The van der Waals surface area contributed by atoms with E-state index in [1.54, 1.807) is 31.2 Å². The van der Waals surface area contributed by atoms with E-state index < -0.39 is 16.3 Å². The summed E-state index contributed by atoms with van der Waals surface area (Å²) in [4.78, 5) is 26.1. The van der Waals surface area contributed by atoms with E-state index in [9.17, 15) is 14.9 Å². The van der Waals surface area contributed by atoms with Crippen LogP contribution in [0, 0.1) is 10.1 Å². The molecule has 0 saturated carbocycles. The third-order valence-electron chi connectivity index (χ3n) is 4.07. The number of imidazole rings is 1. The van der Waals surface area contributed by atoms with Gasteiger partial charge >= 0.3 is 17.6 Å². The molecule has 1 unspecified atom stereocenters. The molecule has 3 heterocycles. The van der Waals surface area contributed by atoms with Crippen LogP contribution in [0.15, 0.2) is 39.7 Å². The first-order valence-electron chi connectivity index (χ1n) is 8.17. The molecule has 1 aliphatic heterocycles. The van der Waals surface area contributed by atoms with E-state index in [0.717, 1.165) is 4.68 Å². The fourth-order valence-electron chi connectivity index (χ4n) is 2.86. The van der Waals surface area contributed by atoms with Crippen LogP contribution in [0.25, 0.3) is 0 Å². The van der Waals surface area contributed by atoms with Crippen molar-refractivity contribution >= 4 is 17.4 Å². The maximum atomic E-state index is 12.1. The van der Waals surface area contributed by atoms with E-state index in [0.29, 0.717) is 10.8 Å². The molecular formula is C16H14ClN5O6. The summed E-state index contributed by atoms with van der Waals surface area (Å²) in [5.41, 5.74) is -0.855. The summed E-state index contributed by atoms with van der Waals surface area (Å²) in [7, 11) is 0. The minimum Gasteiger partial charge on any atom is -0.484 e. The second-order valence-corrected chi connectivity index (χ2v) is 6.92. The Labute approximate surface area is 162 Å². The first-order chi connectivity index (χ1) is 13.3. The van der Waals surface area contributed by atoms with Gasteiger partial charge in [-0.25, -0.2) is 4.79 Å². The van der Waals surface area contributed by atoms with Gasteiger partial charge in [0, 0.05) is 10.0 Å². The first kappa shape index (κ1) is 18.0. The Balaban J connectivity index is 1.42. The van der Waals surface area contributed by atoms with Crippen LogP contribution in [-0.2, 0) is 19.7 Å². The van der Waals surface area contributed by atoms with Gasteiger partial charge in [-0.3, -0.25) is 4.57 Å². The minimum atomic E-state index is -0.855. The normalized spacial score (nSPS) is 17.9. The van der Waals surface area contributed by atoms with Gasteiger partial charge in [-0.2, -0.15) is 4.68 Å². The Kier molecular flexibility index (Phi) is 4.30. The molecule has 0 spiro atoms. The zero-order valence-electron chi connectivity index (χ0n) is 14.6. The molecule has 3 aromatic rings. The van der Waals surface area contributed by atoms with Crippen LogP contribution in [-0.4, -0.2) is 29.9 Å². The third-order valence-corrected chi connectivity index (χ3v) is 4.32. The number of halogens is 1. The van der Waals surface area contributed by atoms with Crippen molar-refractivity contribution < 1.29 is 18.8 Å². The lowest BCUT2D eigenvalue weighted by atomic mass is 10.1. The van der Waals surface area contributed by atoms with Crippen molar-refractivity contribution in [2.45, 2.75) is 32.2 Å². The van der Waals surface area contributed by atoms with Crippen molar-refractivity contribution in [1.29, 1.82) is 0 Å². The van der Waals surface area contributed by atoms with Gasteiger partial charge in [-0.15, -0.1) is 5.10 Å². The maximum absolute atomic E-state index is 12.1. The van der Waals surface area contributed by atoms with Crippen LogP contribution in [0.5, 0.6) is 11.8 Å². The molecule has 0 fully saturated rings. The number of hydrogen-bond acceptors (Lipinski definition) is 8. The molecule has 0 radical (unpaired) electrons. The summed E-state index contributed by atoms with van der Waals surface area (Å²) in [5, 5.41) is 15.5. The summed E-state index contributed by atoms with van der Waals surface area (Å²) in [6, 6.07) is 6.85. The van der Waals surface area contributed by atoms with E-state index in [4.69, 9.17) is 25.5 Å². The second kappa shape index (κ2) is 6.68. The largest absolute Gasteiger partial charge is 0.484 e. The zero-order valence-corrected chi connectivity index (χ0v) is 15.3. The number of fused-ring (bicyclic) bond motifs is 1. The molecule has 146 valence electrons. The smallest absolute Gasteiger partial charge is 0.437 e. The Hall–Kier alpha value is -3.34. The summed E-state index contributed by atoms with van der Waals surface area (Å²) < 4.78 is 19.0. The predicted octanol–water partition coefficient (Wildman–Crippen LogP) is 2.02. The van der Waals surface area contributed by atoms with E-state index in [-0.39, 0.29) is 37.4 Å². The Morgan fingerprint density at radius 2 is 2.14 bits per heavy atom. The number of benzene rings is 1. The highest BCUT2D eigenvalue weighted by Gasteiger charge is 2.41. The van der Waals surface area contributed by atoms with Crippen LogP contribution in [0.4, 0.5) is 5.82 Å². The van der Waals surface area contributed by atoms with Crippen molar-refractivity contribution in [2.24, 2.45) is 0 Å². The molecule has 0 bridgehead atoms. The Morgan fingerprint density at radius 1 is 1.39 bits per heavy atom. The van der Waals surface area contributed by atoms with Crippen molar-refractivity contribution in [1.82, 2.24) is 19.3 Å². The predicted molar refractivity (Wildman–Crippen MR) is 94.5 cm³/mol. The SMILES string of the molecule is CC1(Cn2nc(COc3ccc(Cl)cc3)oc2=O)Cn2cc([N+](=O)[O-])nc2O1. The number of aromatic nitrogens is 4. The molecule has 1 aliphatic rings. The highest BCUT2D eigenvalue weighted by molar-refractivity contribution is 6.30. The molecular weight excluding hydrogens is 394 g/mol. The molecule has 28 heavy (non-hydrogen) atoms. The molecule has 0 aliphatic carbocycles. The van der Waals surface area contributed by atoms with Crippen molar-refractivity contribution in [2.75, 3.05) is 0 Å². The fourth-order valence-corrected chi connectivity index (χ4v) is 2.99. The van der Waals surface area contributed by atoms with Crippen molar-refractivity contribution in [3.63, 3.8) is 0 Å². The van der Waals surface area contributed by atoms with Gasteiger partial charge in [0.1, 0.15) is 17.5 Å². The lowest BCUT2D eigenvalue weighted by Crippen LogP contribution is -2.39. The molecule has 2 aromatic heterocycles. The van der Waals surface area contributed by atoms with E-state index in [1.165, 1.54) is 10.8 Å². The highest BCUT2D eigenvalue weighted by atomic mass is 35.5. The molecule has 1 atom stereocenters. The molecule has 11 nitrogen and oxygen atoms in total. The van der Waals surface area contributed by atoms with Crippen LogP contribution in [0.3, 0.4) is 0 Å². The van der Waals surface area contributed by atoms with Crippen LogP contribution >= 0.6 is 11.6 Å². The average Bonchev–Trinajstić information content (AvgIpc) is 3.26. The molecule has 1 aromatic carbocycles. The average molecular weight is 408 g/mol. The lowest BCUT2D eigenvalue weighted by molar-refractivity contribution is -0.389. The summed E-state index contributed by atoms with van der Waals surface area (Å²) in [5.74, 6) is -0.290. The summed E-state index contributed by atoms with van der Waals surface area (Å²) in [6.45, 7) is 2.07. The van der Waals surface area contributed by atoms with Gasteiger partial charge in [0.15, 0.2) is 6.61 Å². The van der Waals surface area contributed by atoms with Gasteiger partial charge in [0.25, 0.3) is 5.89 Å². The molecule has 12 heteroatoms. The standard InChI is InChI=1S/C16H14ClN5O6/c1-16(8-20-6-12(22(24)25)18-14(20)28-16)9-21-15(23)27-13(19-21)7-26-11-4-2-10(17)3-5-11/h2-6H,7-9H2,1H3. The van der Waals surface area contributed by atoms with Gasteiger partial charge in [0.05, 0.1) is 13.1 Å². The van der Waals surface area contributed by atoms with Crippen molar-refractivity contribution in [3.05, 3.63) is 62.0 Å². The topological polar surface area (TPSA) is 127 Å². The number of ether oxygens (including phenoxy) is 2.